The van der Waals surface area contributed by atoms with E-state index in [4.69, 9.17) is 25.8 Å². The van der Waals surface area contributed by atoms with Crippen LogP contribution in [0.15, 0.2) is 70.7 Å². The van der Waals surface area contributed by atoms with Crippen molar-refractivity contribution >= 4 is 45.2 Å². The van der Waals surface area contributed by atoms with E-state index in [-0.39, 0.29) is 12.2 Å². The Labute approximate surface area is 205 Å². The van der Waals surface area contributed by atoms with E-state index in [0.717, 1.165) is 5.56 Å². The van der Waals surface area contributed by atoms with Crippen LogP contribution in [0.5, 0.6) is 17.2 Å². The number of carbonyl (C=O) groups is 1. The van der Waals surface area contributed by atoms with E-state index in [1.54, 1.807) is 49.6 Å². The van der Waals surface area contributed by atoms with Gasteiger partial charge in [0.1, 0.15) is 24.0 Å². The summed E-state index contributed by atoms with van der Waals surface area (Å²) in [6.45, 7) is 0.248. The Morgan fingerprint density at radius 1 is 1.12 bits per heavy atom. The molecule has 0 unspecified atom stereocenters. The van der Waals surface area contributed by atoms with Crippen LogP contribution in [-0.2, 0) is 11.4 Å². The van der Waals surface area contributed by atoms with E-state index in [1.807, 2.05) is 24.3 Å². The summed E-state index contributed by atoms with van der Waals surface area (Å²) >= 11 is 9.68. The van der Waals surface area contributed by atoms with Gasteiger partial charge in [0.2, 0.25) is 0 Å². The van der Waals surface area contributed by atoms with Gasteiger partial charge in [-0.3, -0.25) is 4.79 Å². The minimum atomic E-state index is -0.531. The van der Waals surface area contributed by atoms with Crippen molar-refractivity contribution in [1.82, 2.24) is 0 Å². The second-order valence-corrected chi connectivity index (χ2v) is 8.03. The number of amides is 1. The molecule has 0 aromatic heterocycles. The third kappa shape index (κ3) is 6.28. The van der Waals surface area contributed by atoms with Crippen molar-refractivity contribution in [3.8, 4) is 23.3 Å². The molecule has 1 amide bonds. The number of rotatable bonds is 8. The minimum Gasteiger partial charge on any atom is -0.497 e. The van der Waals surface area contributed by atoms with Crippen LogP contribution in [0.2, 0.25) is 5.02 Å². The number of hydrogen-bond donors (Lipinski definition) is 1. The smallest absolute Gasteiger partial charge is 0.266 e. The van der Waals surface area contributed by atoms with E-state index in [0.29, 0.717) is 38.0 Å². The van der Waals surface area contributed by atoms with E-state index in [9.17, 15) is 10.1 Å². The van der Waals surface area contributed by atoms with Crippen LogP contribution >= 0.6 is 27.5 Å². The molecule has 3 aromatic rings. The summed E-state index contributed by atoms with van der Waals surface area (Å²) in [5.74, 6) is 1.06. The van der Waals surface area contributed by atoms with Crippen LogP contribution in [0.3, 0.4) is 0 Å². The summed E-state index contributed by atoms with van der Waals surface area (Å²) in [6.07, 6.45) is 1.48. The molecule has 0 bridgehead atoms. The maximum Gasteiger partial charge on any atom is 0.266 e. The maximum absolute atomic E-state index is 12.6. The molecule has 0 atom stereocenters. The molecule has 168 valence electrons. The Bertz CT molecular complexity index is 1220. The summed E-state index contributed by atoms with van der Waals surface area (Å²) < 4.78 is 17.1. The zero-order chi connectivity index (χ0) is 23.8. The molecular weight excluding hydrogens is 508 g/mol. The second kappa shape index (κ2) is 11.4. The van der Waals surface area contributed by atoms with Gasteiger partial charge in [0.25, 0.3) is 5.91 Å². The lowest BCUT2D eigenvalue weighted by atomic mass is 10.1. The molecular formula is C25H20BrClN2O4. The number of halogens is 2. The maximum atomic E-state index is 12.6. The summed E-state index contributed by atoms with van der Waals surface area (Å²) in [7, 11) is 3.07. The lowest BCUT2D eigenvalue weighted by Crippen LogP contribution is -2.13. The Morgan fingerprint density at radius 2 is 1.85 bits per heavy atom. The summed E-state index contributed by atoms with van der Waals surface area (Å²) in [4.78, 5) is 12.6. The molecule has 33 heavy (non-hydrogen) atoms. The first kappa shape index (κ1) is 24.2. The third-order valence-corrected chi connectivity index (χ3v) is 5.56. The van der Waals surface area contributed by atoms with E-state index < -0.39 is 5.91 Å². The monoisotopic (exact) mass is 526 g/mol. The minimum absolute atomic E-state index is 0.0653. The second-order valence-electron chi connectivity index (χ2n) is 6.77. The molecule has 0 aliphatic carbocycles. The highest BCUT2D eigenvalue weighted by molar-refractivity contribution is 9.10. The van der Waals surface area contributed by atoms with Gasteiger partial charge in [-0.15, -0.1) is 0 Å². The van der Waals surface area contributed by atoms with Gasteiger partial charge >= 0.3 is 0 Å². The van der Waals surface area contributed by atoms with Crippen LogP contribution in [0.4, 0.5) is 5.69 Å². The van der Waals surface area contributed by atoms with Gasteiger partial charge in [-0.25, -0.2) is 0 Å². The fourth-order valence-electron chi connectivity index (χ4n) is 2.92. The number of benzene rings is 3. The SMILES string of the molecule is COc1ccc(NC(=O)/C(C#N)=C/c2cc(Br)c(OCc3ccccc3Cl)c(OC)c2)cc1. The molecule has 3 rings (SSSR count). The number of carbonyl (C=O) groups excluding carboxylic acids is 1. The third-order valence-electron chi connectivity index (χ3n) is 4.61. The average Bonchev–Trinajstić information content (AvgIpc) is 2.82. The number of anilines is 1. The number of methoxy groups -OCH3 is 2. The standard InChI is InChI=1S/C25H20BrClN2O4/c1-31-20-9-7-19(8-10-20)29-25(30)18(14-28)11-16-12-21(26)24(23(13-16)32-2)33-15-17-5-3-4-6-22(17)27/h3-13H,15H2,1-2H3,(H,29,30)/b18-11+. The highest BCUT2D eigenvalue weighted by Crippen LogP contribution is 2.38. The van der Waals surface area contributed by atoms with E-state index in [1.165, 1.54) is 13.2 Å². The molecule has 0 radical (unpaired) electrons. The number of hydrogen-bond acceptors (Lipinski definition) is 5. The zero-order valence-electron chi connectivity index (χ0n) is 17.9. The van der Waals surface area contributed by atoms with Crippen molar-refractivity contribution in [3.63, 3.8) is 0 Å². The molecule has 6 nitrogen and oxygen atoms in total. The van der Waals surface area contributed by atoms with Crippen molar-refractivity contribution in [2.75, 3.05) is 19.5 Å². The van der Waals surface area contributed by atoms with Gasteiger partial charge in [-0.2, -0.15) is 5.26 Å². The summed E-state index contributed by atoms with van der Waals surface area (Å²) in [6, 6.07) is 19.6. The number of nitriles is 1. The van der Waals surface area contributed by atoms with Crippen LogP contribution in [0.1, 0.15) is 11.1 Å². The van der Waals surface area contributed by atoms with Gasteiger partial charge in [0.05, 0.1) is 18.7 Å². The normalized spacial score (nSPS) is 10.8. The Morgan fingerprint density at radius 3 is 2.48 bits per heavy atom. The van der Waals surface area contributed by atoms with Gasteiger partial charge in [0.15, 0.2) is 11.5 Å². The Hall–Kier alpha value is -3.47. The molecule has 8 heteroatoms. The quantitative estimate of drug-likeness (QED) is 0.277. The zero-order valence-corrected chi connectivity index (χ0v) is 20.2. The Kier molecular flexibility index (Phi) is 8.36. The van der Waals surface area contributed by atoms with Crippen molar-refractivity contribution in [3.05, 3.63) is 86.9 Å². The first-order valence-electron chi connectivity index (χ1n) is 9.76. The highest BCUT2D eigenvalue weighted by atomic mass is 79.9. The highest BCUT2D eigenvalue weighted by Gasteiger charge is 2.15. The Balaban J connectivity index is 1.80. The lowest BCUT2D eigenvalue weighted by molar-refractivity contribution is -0.112. The fraction of sp³-hybridized carbons (Fsp3) is 0.120. The predicted molar refractivity (Wildman–Crippen MR) is 132 cm³/mol. The molecule has 0 saturated heterocycles. The lowest BCUT2D eigenvalue weighted by Gasteiger charge is -2.14. The topological polar surface area (TPSA) is 80.6 Å². The molecule has 0 fully saturated rings. The molecule has 1 N–H and O–H groups in total. The fourth-order valence-corrected chi connectivity index (χ4v) is 3.68. The predicted octanol–water partition coefficient (Wildman–Crippen LogP) is 6.24. The van der Waals surface area contributed by atoms with Gasteiger partial charge in [0, 0.05) is 16.3 Å². The van der Waals surface area contributed by atoms with Crippen molar-refractivity contribution in [2.24, 2.45) is 0 Å². The first-order valence-corrected chi connectivity index (χ1v) is 10.9. The van der Waals surface area contributed by atoms with Gasteiger partial charge < -0.3 is 19.5 Å². The number of nitrogens with one attached hydrogen (secondary N) is 1. The molecule has 0 spiro atoms. The molecule has 0 aliphatic heterocycles. The largest absolute Gasteiger partial charge is 0.497 e. The van der Waals surface area contributed by atoms with Crippen molar-refractivity contribution in [1.29, 1.82) is 5.26 Å². The summed E-state index contributed by atoms with van der Waals surface area (Å²) in [5, 5.41) is 12.8. The van der Waals surface area contributed by atoms with Crippen LogP contribution in [0.25, 0.3) is 6.08 Å². The number of nitrogens with zero attached hydrogens (tertiary/aromatic N) is 1. The van der Waals surface area contributed by atoms with Crippen LogP contribution in [-0.4, -0.2) is 20.1 Å². The summed E-state index contributed by atoms with van der Waals surface area (Å²) in [5.41, 5.74) is 1.90. The number of ether oxygens (including phenoxy) is 3. The first-order chi connectivity index (χ1) is 15.9. The average molecular weight is 528 g/mol. The van der Waals surface area contributed by atoms with Crippen molar-refractivity contribution in [2.45, 2.75) is 6.61 Å². The molecule has 3 aromatic carbocycles. The van der Waals surface area contributed by atoms with E-state index in [2.05, 4.69) is 21.2 Å². The molecule has 0 saturated carbocycles. The van der Waals surface area contributed by atoms with Gasteiger partial charge in [-0.05, 0) is 70.0 Å². The van der Waals surface area contributed by atoms with Crippen LogP contribution < -0.4 is 19.5 Å². The van der Waals surface area contributed by atoms with Crippen LogP contribution in [0, 0.1) is 11.3 Å². The molecule has 0 aliphatic rings. The van der Waals surface area contributed by atoms with E-state index >= 15 is 0 Å². The van der Waals surface area contributed by atoms with Gasteiger partial charge in [-0.1, -0.05) is 29.8 Å². The molecule has 0 heterocycles. The van der Waals surface area contributed by atoms with Crippen molar-refractivity contribution < 1.29 is 19.0 Å².